The Morgan fingerprint density at radius 3 is 2.68 bits per heavy atom. The van der Waals surface area contributed by atoms with Crippen LogP contribution in [0.25, 0.3) is 0 Å². The minimum atomic E-state index is -0.311. The molecule has 0 amide bonds. The van der Waals surface area contributed by atoms with Crippen LogP contribution < -0.4 is 4.90 Å². The van der Waals surface area contributed by atoms with Crippen molar-refractivity contribution in [1.82, 2.24) is 0 Å². The first-order valence-electron chi connectivity index (χ1n) is 6.74. The number of nitrogens with zero attached hydrogens (tertiary/aromatic N) is 2. The highest BCUT2D eigenvalue weighted by atomic mass is 35.5. The molecule has 2 rings (SSSR count). The quantitative estimate of drug-likeness (QED) is 0.451. The van der Waals surface area contributed by atoms with Gasteiger partial charge in [-0.15, -0.1) is 11.6 Å². The molecule has 1 aliphatic rings. The lowest BCUT2D eigenvalue weighted by Gasteiger charge is -2.32. The van der Waals surface area contributed by atoms with Crippen LogP contribution >= 0.6 is 11.6 Å². The first-order valence-corrected chi connectivity index (χ1v) is 7.27. The normalized spacial score (nSPS) is 15.1. The first-order chi connectivity index (χ1) is 9.15. The molecule has 0 radical (unpaired) electrons. The molecule has 1 saturated carbocycles. The number of anilines is 1. The molecule has 1 aromatic carbocycles. The van der Waals surface area contributed by atoms with Gasteiger partial charge in [0.25, 0.3) is 5.69 Å². The van der Waals surface area contributed by atoms with Gasteiger partial charge >= 0.3 is 0 Å². The Morgan fingerprint density at radius 1 is 1.47 bits per heavy atom. The van der Waals surface area contributed by atoms with E-state index in [1.165, 1.54) is 19.3 Å². The zero-order valence-electron chi connectivity index (χ0n) is 11.1. The van der Waals surface area contributed by atoms with E-state index in [0.717, 1.165) is 18.7 Å². The standard InChI is InChI=1S/C14H19ClN2O2/c1-2-16(10-11-4-3-5-11)13-7-6-12(9-15)8-14(13)17(18)19/h6-8,11H,2-5,9-10H2,1H3. The van der Waals surface area contributed by atoms with E-state index in [-0.39, 0.29) is 10.6 Å². The molecule has 0 unspecified atom stereocenters. The molecule has 5 heteroatoms. The lowest BCUT2D eigenvalue weighted by molar-refractivity contribution is -0.384. The van der Waals surface area contributed by atoms with Gasteiger partial charge in [-0.05, 0) is 37.3 Å². The van der Waals surface area contributed by atoms with Gasteiger partial charge in [-0.25, -0.2) is 0 Å². The van der Waals surface area contributed by atoms with Gasteiger partial charge in [0.1, 0.15) is 5.69 Å². The van der Waals surface area contributed by atoms with Crippen molar-refractivity contribution in [1.29, 1.82) is 0 Å². The highest BCUT2D eigenvalue weighted by Crippen LogP contribution is 2.33. The smallest absolute Gasteiger partial charge is 0.292 e. The molecular formula is C14H19ClN2O2. The van der Waals surface area contributed by atoms with Crippen molar-refractivity contribution in [3.05, 3.63) is 33.9 Å². The molecule has 0 bridgehead atoms. The van der Waals surface area contributed by atoms with Gasteiger partial charge in [0, 0.05) is 25.0 Å². The zero-order chi connectivity index (χ0) is 13.8. The number of benzene rings is 1. The van der Waals surface area contributed by atoms with Crippen LogP contribution in [0.2, 0.25) is 0 Å². The van der Waals surface area contributed by atoms with E-state index in [1.54, 1.807) is 6.07 Å². The van der Waals surface area contributed by atoms with E-state index in [2.05, 4.69) is 4.90 Å². The number of hydrogen-bond acceptors (Lipinski definition) is 3. The van der Waals surface area contributed by atoms with Gasteiger partial charge in [0.2, 0.25) is 0 Å². The summed E-state index contributed by atoms with van der Waals surface area (Å²) in [6.45, 7) is 3.74. The van der Waals surface area contributed by atoms with Gasteiger partial charge in [-0.2, -0.15) is 0 Å². The Labute approximate surface area is 118 Å². The Morgan fingerprint density at radius 2 is 2.21 bits per heavy atom. The van der Waals surface area contributed by atoms with Crippen LogP contribution in [0.5, 0.6) is 0 Å². The molecule has 1 aliphatic carbocycles. The Hall–Kier alpha value is -1.29. The van der Waals surface area contributed by atoms with Crippen molar-refractivity contribution in [2.45, 2.75) is 32.1 Å². The van der Waals surface area contributed by atoms with E-state index < -0.39 is 0 Å². The third-order valence-electron chi connectivity index (χ3n) is 3.82. The molecule has 0 aromatic heterocycles. The van der Waals surface area contributed by atoms with E-state index in [9.17, 15) is 10.1 Å². The molecule has 1 fully saturated rings. The number of hydrogen-bond donors (Lipinski definition) is 0. The van der Waals surface area contributed by atoms with Gasteiger partial charge in [-0.1, -0.05) is 12.5 Å². The largest absolute Gasteiger partial charge is 0.366 e. The van der Waals surface area contributed by atoms with Crippen molar-refractivity contribution < 1.29 is 4.92 Å². The molecule has 19 heavy (non-hydrogen) atoms. The molecular weight excluding hydrogens is 264 g/mol. The maximum atomic E-state index is 11.2. The van der Waals surface area contributed by atoms with E-state index in [0.29, 0.717) is 17.5 Å². The van der Waals surface area contributed by atoms with Crippen LogP contribution in [-0.2, 0) is 5.88 Å². The monoisotopic (exact) mass is 282 g/mol. The highest BCUT2D eigenvalue weighted by Gasteiger charge is 2.24. The molecule has 0 heterocycles. The van der Waals surface area contributed by atoms with Crippen molar-refractivity contribution >= 4 is 23.0 Å². The van der Waals surface area contributed by atoms with Crippen molar-refractivity contribution in [2.24, 2.45) is 5.92 Å². The summed E-state index contributed by atoms with van der Waals surface area (Å²) in [4.78, 5) is 13.0. The maximum absolute atomic E-state index is 11.2. The summed E-state index contributed by atoms with van der Waals surface area (Å²) in [7, 11) is 0. The van der Waals surface area contributed by atoms with Gasteiger partial charge in [0.15, 0.2) is 0 Å². The lowest BCUT2D eigenvalue weighted by Crippen LogP contribution is -2.32. The van der Waals surface area contributed by atoms with Crippen LogP contribution in [0.4, 0.5) is 11.4 Å². The topological polar surface area (TPSA) is 46.4 Å². The summed E-state index contributed by atoms with van der Waals surface area (Å²) in [5, 5.41) is 11.2. The van der Waals surface area contributed by atoms with Crippen LogP contribution in [0.15, 0.2) is 18.2 Å². The Bertz CT molecular complexity index is 461. The molecule has 0 spiro atoms. The summed E-state index contributed by atoms with van der Waals surface area (Å²) >= 11 is 5.75. The zero-order valence-corrected chi connectivity index (χ0v) is 11.9. The molecule has 104 valence electrons. The second-order valence-corrected chi connectivity index (χ2v) is 5.32. The molecule has 0 atom stereocenters. The molecule has 4 nitrogen and oxygen atoms in total. The van der Waals surface area contributed by atoms with Crippen LogP contribution in [-0.4, -0.2) is 18.0 Å². The van der Waals surface area contributed by atoms with Crippen LogP contribution in [0.3, 0.4) is 0 Å². The van der Waals surface area contributed by atoms with E-state index >= 15 is 0 Å². The number of rotatable bonds is 6. The second kappa shape index (κ2) is 6.24. The van der Waals surface area contributed by atoms with Gasteiger partial charge in [-0.3, -0.25) is 10.1 Å². The number of nitro groups is 1. The second-order valence-electron chi connectivity index (χ2n) is 5.05. The number of alkyl halides is 1. The van der Waals surface area contributed by atoms with Crippen molar-refractivity contribution in [3.63, 3.8) is 0 Å². The SMILES string of the molecule is CCN(CC1CCC1)c1ccc(CCl)cc1[N+](=O)[O-]. The third kappa shape index (κ3) is 3.18. The van der Waals surface area contributed by atoms with Crippen molar-refractivity contribution in [2.75, 3.05) is 18.0 Å². The maximum Gasteiger partial charge on any atom is 0.292 e. The Balaban J connectivity index is 2.26. The minimum Gasteiger partial charge on any atom is -0.366 e. The molecule has 0 saturated heterocycles. The number of nitro benzene ring substituents is 1. The summed E-state index contributed by atoms with van der Waals surface area (Å²) in [5.74, 6) is 0.989. The van der Waals surface area contributed by atoms with Gasteiger partial charge in [0.05, 0.1) is 4.92 Å². The van der Waals surface area contributed by atoms with Crippen LogP contribution in [0, 0.1) is 16.0 Å². The average Bonchev–Trinajstić information content (AvgIpc) is 2.37. The Kier molecular flexibility index (Phi) is 4.64. The van der Waals surface area contributed by atoms with Gasteiger partial charge < -0.3 is 4.90 Å². The predicted molar refractivity (Wildman–Crippen MR) is 77.9 cm³/mol. The average molecular weight is 283 g/mol. The van der Waals surface area contributed by atoms with Crippen LogP contribution in [0.1, 0.15) is 31.7 Å². The first kappa shape index (κ1) is 14.1. The van der Waals surface area contributed by atoms with Crippen molar-refractivity contribution in [3.8, 4) is 0 Å². The summed E-state index contributed by atoms with van der Waals surface area (Å²) in [6.07, 6.45) is 3.77. The van der Waals surface area contributed by atoms with E-state index in [1.807, 2.05) is 19.1 Å². The fourth-order valence-electron chi connectivity index (χ4n) is 2.45. The van der Waals surface area contributed by atoms with E-state index in [4.69, 9.17) is 11.6 Å². The summed E-state index contributed by atoms with van der Waals surface area (Å²) < 4.78 is 0. The fraction of sp³-hybridized carbons (Fsp3) is 0.571. The predicted octanol–water partition coefficient (Wildman–Crippen LogP) is 3.96. The highest BCUT2D eigenvalue weighted by molar-refractivity contribution is 6.17. The summed E-state index contributed by atoms with van der Waals surface area (Å²) in [6, 6.07) is 5.29. The molecule has 0 N–H and O–H groups in total. The fourth-order valence-corrected chi connectivity index (χ4v) is 2.62. The lowest BCUT2D eigenvalue weighted by atomic mass is 9.85. The number of halogens is 1. The molecule has 0 aliphatic heterocycles. The minimum absolute atomic E-state index is 0.166. The molecule has 1 aromatic rings. The third-order valence-corrected chi connectivity index (χ3v) is 4.13. The summed E-state index contributed by atoms with van der Waals surface area (Å²) in [5.41, 5.74) is 1.67.